The first-order chi connectivity index (χ1) is 8.98. The highest BCUT2D eigenvalue weighted by Gasteiger charge is 2.10. The van der Waals surface area contributed by atoms with Crippen molar-refractivity contribution in [2.75, 3.05) is 16.8 Å². The van der Waals surface area contributed by atoms with Crippen LogP contribution in [0.5, 0.6) is 0 Å². The summed E-state index contributed by atoms with van der Waals surface area (Å²) in [5.74, 6) is -0.0210. The maximum Gasteiger partial charge on any atom is 0.224 e. The van der Waals surface area contributed by atoms with Crippen molar-refractivity contribution in [3.8, 4) is 0 Å². The SMILES string of the molecule is CCS(=O)(=O)CCCC(=O)Nc1ccccc1CN. The van der Waals surface area contributed by atoms with Crippen molar-refractivity contribution in [3.05, 3.63) is 29.8 Å². The van der Waals surface area contributed by atoms with E-state index in [0.29, 0.717) is 18.7 Å². The first kappa shape index (κ1) is 15.7. The number of sulfone groups is 1. The van der Waals surface area contributed by atoms with Crippen LogP contribution in [0.2, 0.25) is 0 Å². The molecular weight excluding hydrogens is 264 g/mol. The molecule has 0 aliphatic carbocycles. The molecule has 0 fully saturated rings. The number of anilines is 1. The van der Waals surface area contributed by atoms with Gasteiger partial charge < -0.3 is 11.1 Å². The zero-order valence-electron chi connectivity index (χ0n) is 11.1. The average molecular weight is 284 g/mol. The highest BCUT2D eigenvalue weighted by atomic mass is 32.2. The van der Waals surface area contributed by atoms with Gasteiger partial charge in [0, 0.05) is 24.4 Å². The Kier molecular flexibility index (Phi) is 5.98. The molecule has 0 bridgehead atoms. The van der Waals surface area contributed by atoms with Crippen molar-refractivity contribution >= 4 is 21.4 Å². The normalized spacial score (nSPS) is 11.3. The number of hydrogen-bond donors (Lipinski definition) is 2. The van der Waals surface area contributed by atoms with Gasteiger partial charge in [0.2, 0.25) is 5.91 Å². The molecule has 0 saturated heterocycles. The number of carbonyl (C=O) groups excluding carboxylic acids is 1. The number of nitrogens with two attached hydrogens (primary N) is 1. The third kappa shape index (κ3) is 5.40. The van der Waals surface area contributed by atoms with Gasteiger partial charge in [0.25, 0.3) is 0 Å². The number of carbonyl (C=O) groups is 1. The standard InChI is InChI=1S/C13H20N2O3S/c1-2-19(17,18)9-5-8-13(16)15-12-7-4-3-6-11(12)10-14/h3-4,6-7H,2,5,8-10,14H2,1H3,(H,15,16). The Labute approximate surface area is 114 Å². The van der Waals surface area contributed by atoms with Gasteiger partial charge >= 0.3 is 0 Å². The second kappa shape index (κ2) is 7.25. The highest BCUT2D eigenvalue weighted by Crippen LogP contribution is 2.14. The van der Waals surface area contributed by atoms with E-state index < -0.39 is 9.84 Å². The minimum absolute atomic E-state index is 0.0510. The van der Waals surface area contributed by atoms with Gasteiger partial charge in [-0.2, -0.15) is 0 Å². The van der Waals surface area contributed by atoms with Crippen LogP contribution >= 0.6 is 0 Å². The summed E-state index contributed by atoms with van der Waals surface area (Å²) >= 11 is 0. The number of nitrogens with one attached hydrogen (secondary N) is 1. The number of amides is 1. The van der Waals surface area contributed by atoms with E-state index >= 15 is 0 Å². The van der Waals surface area contributed by atoms with Crippen molar-refractivity contribution < 1.29 is 13.2 Å². The zero-order chi connectivity index (χ0) is 14.3. The number of benzene rings is 1. The molecule has 0 heterocycles. The lowest BCUT2D eigenvalue weighted by Gasteiger charge is -2.09. The summed E-state index contributed by atoms with van der Waals surface area (Å²) in [4.78, 5) is 11.7. The third-order valence-electron chi connectivity index (χ3n) is 2.81. The molecule has 0 aliphatic heterocycles. The number of rotatable bonds is 7. The van der Waals surface area contributed by atoms with E-state index in [2.05, 4.69) is 5.32 Å². The summed E-state index contributed by atoms with van der Waals surface area (Å²) in [6, 6.07) is 7.29. The molecular formula is C13H20N2O3S. The van der Waals surface area contributed by atoms with Crippen molar-refractivity contribution in [1.82, 2.24) is 0 Å². The molecule has 6 heteroatoms. The van der Waals surface area contributed by atoms with Gasteiger partial charge in [-0.3, -0.25) is 4.79 Å². The largest absolute Gasteiger partial charge is 0.326 e. The van der Waals surface area contributed by atoms with Crippen LogP contribution in [0.1, 0.15) is 25.3 Å². The summed E-state index contributed by atoms with van der Waals surface area (Å²) in [6.07, 6.45) is 0.533. The summed E-state index contributed by atoms with van der Waals surface area (Å²) in [7, 11) is -3.00. The van der Waals surface area contributed by atoms with Crippen LogP contribution in [0.15, 0.2) is 24.3 Å². The van der Waals surface area contributed by atoms with Crippen molar-refractivity contribution in [1.29, 1.82) is 0 Å². The van der Waals surface area contributed by atoms with E-state index in [1.165, 1.54) is 0 Å². The lowest BCUT2D eigenvalue weighted by molar-refractivity contribution is -0.116. The maximum absolute atomic E-state index is 11.7. The molecule has 19 heavy (non-hydrogen) atoms. The molecule has 0 saturated carbocycles. The van der Waals surface area contributed by atoms with E-state index in [0.717, 1.165) is 5.56 Å². The molecule has 3 N–H and O–H groups in total. The lowest BCUT2D eigenvalue weighted by Crippen LogP contribution is -2.16. The molecule has 1 amide bonds. The molecule has 1 aromatic rings. The van der Waals surface area contributed by atoms with E-state index in [1.54, 1.807) is 13.0 Å². The first-order valence-corrected chi connectivity index (χ1v) is 8.09. The number of hydrogen-bond acceptors (Lipinski definition) is 4. The Bertz CT molecular complexity index is 526. The van der Waals surface area contributed by atoms with Crippen LogP contribution in [0.3, 0.4) is 0 Å². The summed E-state index contributed by atoms with van der Waals surface area (Å²) in [5, 5.41) is 2.75. The van der Waals surface area contributed by atoms with Crippen molar-refractivity contribution in [2.24, 2.45) is 5.73 Å². The Balaban J connectivity index is 2.48. The van der Waals surface area contributed by atoms with Gasteiger partial charge in [0.05, 0.1) is 5.75 Å². The van der Waals surface area contributed by atoms with Crippen LogP contribution in [-0.4, -0.2) is 25.8 Å². The Morgan fingerprint density at radius 2 is 2.00 bits per heavy atom. The van der Waals surface area contributed by atoms with Crippen molar-refractivity contribution in [2.45, 2.75) is 26.3 Å². The summed E-state index contributed by atoms with van der Waals surface area (Å²) < 4.78 is 22.6. The predicted molar refractivity (Wildman–Crippen MR) is 76.5 cm³/mol. The second-order valence-electron chi connectivity index (χ2n) is 4.25. The van der Waals surface area contributed by atoms with E-state index in [4.69, 9.17) is 5.73 Å². The average Bonchev–Trinajstić information content (AvgIpc) is 2.39. The van der Waals surface area contributed by atoms with Gasteiger partial charge in [-0.25, -0.2) is 8.42 Å². The topological polar surface area (TPSA) is 89.3 Å². The highest BCUT2D eigenvalue weighted by molar-refractivity contribution is 7.91. The van der Waals surface area contributed by atoms with Crippen LogP contribution in [0.25, 0.3) is 0 Å². The summed E-state index contributed by atoms with van der Waals surface area (Å²) in [5.41, 5.74) is 7.12. The Hall–Kier alpha value is -1.40. The molecule has 0 spiro atoms. The van der Waals surface area contributed by atoms with Gasteiger partial charge in [-0.1, -0.05) is 25.1 Å². The Morgan fingerprint density at radius 1 is 1.32 bits per heavy atom. The monoisotopic (exact) mass is 284 g/mol. The minimum atomic E-state index is -3.00. The van der Waals surface area contributed by atoms with Crippen LogP contribution in [-0.2, 0) is 21.2 Å². The van der Waals surface area contributed by atoms with Crippen molar-refractivity contribution in [3.63, 3.8) is 0 Å². The Morgan fingerprint density at radius 3 is 2.63 bits per heavy atom. The lowest BCUT2D eigenvalue weighted by atomic mass is 10.1. The van der Waals surface area contributed by atoms with Gasteiger partial charge in [0.1, 0.15) is 9.84 Å². The van der Waals surface area contributed by atoms with Gasteiger partial charge in [0.15, 0.2) is 0 Å². The molecule has 0 aromatic heterocycles. The fourth-order valence-electron chi connectivity index (χ4n) is 1.63. The molecule has 0 radical (unpaired) electrons. The molecule has 106 valence electrons. The fourth-order valence-corrected chi connectivity index (χ4v) is 2.50. The minimum Gasteiger partial charge on any atom is -0.326 e. The fraction of sp³-hybridized carbons (Fsp3) is 0.462. The predicted octanol–water partition coefficient (Wildman–Crippen LogP) is 1.30. The van der Waals surface area contributed by atoms with Crippen LogP contribution < -0.4 is 11.1 Å². The second-order valence-corrected chi connectivity index (χ2v) is 6.72. The maximum atomic E-state index is 11.7. The van der Waals surface area contributed by atoms with Gasteiger partial charge in [-0.05, 0) is 18.1 Å². The van der Waals surface area contributed by atoms with Crippen LogP contribution in [0.4, 0.5) is 5.69 Å². The first-order valence-electron chi connectivity index (χ1n) is 6.26. The molecule has 5 nitrogen and oxygen atoms in total. The van der Waals surface area contributed by atoms with Crippen LogP contribution in [0, 0.1) is 0 Å². The molecule has 1 aromatic carbocycles. The van der Waals surface area contributed by atoms with Gasteiger partial charge in [-0.15, -0.1) is 0 Å². The smallest absolute Gasteiger partial charge is 0.224 e. The van der Waals surface area contributed by atoms with E-state index in [9.17, 15) is 13.2 Å². The molecule has 1 rings (SSSR count). The zero-order valence-corrected chi connectivity index (χ0v) is 11.9. The molecule has 0 atom stereocenters. The number of para-hydroxylation sites is 1. The van der Waals surface area contributed by atoms with E-state index in [1.807, 2.05) is 18.2 Å². The van der Waals surface area contributed by atoms with E-state index in [-0.39, 0.29) is 23.8 Å². The summed E-state index contributed by atoms with van der Waals surface area (Å²) in [6.45, 7) is 1.95. The molecule has 0 unspecified atom stereocenters. The third-order valence-corrected chi connectivity index (χ3v) is 4.60. The quantitative estimate of drug-likeness (QED) is 0.789. The molecule has 0 aliphatic rings.